The predicted octanol–water partition coefficient (Wildman–Crippen LogP) is 3.96. The van der Waals surface area contributed by atoms with Crippen LogP contribution in [0.4, 0.5) is 5.13 Å². The molecule has 1 heterocycles. The maximum atomic E-state index is 4.79. The first-order chi connectivity index (χ1) is 9.47. The fourth-order valence-electron chi connectivity index (χ4n) is 2.81. The number of aryl methyl sites for hydroxylation is 1. The zero-order valence-electron chi connectivity index (χ0n) is 13.6. The van der Waals surface area contributed by atoms with Crippen molar-refractivity contribution in [3.63, 3.8) is 0 Å². The molecule has 1 N–H and O–H groups in total. The third-order valence-electron chi connectivity index (χ3n) is 4.39. The van der Waals surface area contributed by atoms with Crippen molar-refractivity contribution in [2.75, 3.05) is 11.9 Å². The smallest absolute Gasteiger partial charge is 0.185 e. The minimum Gasteiger partial charge on any atom is -0.348 e. The Morgan fingerprint density at radius 3 is 2.55 bits per heavy atom. The Kier molecular flexibility index (Phi) is 5.44. The van der Waals surface area contributed by atoms with E-state index < -0.39 is 0 Å². The molecule has 2 rings (SSSR count). The Labute approximate surface area is 127 Å². The van der Waals surface area contributed by atoms with E-state index in [-0.39, 0.29) is 0 Å². The number of thiazole rings is 1. The molecule has 20 heavy (non-hydrogen) atoms. The number of nitrogens with one attached hydrogen (secondary N) is 1. The molecule has 1 aromatic heterocycles. The van der Waals surface area contributed by atoms with Crippen LogP contribution in [0.1, 0.15) is 57.0 Å². The molecule has 0 atom stereocenters. The van der Waals surface area contributed by atoms with E-state index in [1.807, 2.05) is 11.3 Å². The van der Waals surface area contributed by atoms with Crippen LogP contribution in [0, 0.1) is 12.8 Å². The zero-order chi connectivity index (χ0) is 14.7. The Hall–Kier alpha value is -0.610. The van der Waals surface area contributed by atoms with Crippen LogP contribution in [0.2, 0.25) is 0 Å². The van der Waals surface area contributed by atoms with Gasteiger partial charge in [0.1, 0.15) is 0 Å². The van der Waals surface area contributed by atoms with Crippen LogP contribution in [0.5, 0.6) is 0 Å². The topological polar surface area (TPSA) is 28.2 Å². The first-order valence-corrected chi connectivity index (χ1v) is 8.71. The molecule has 1 aromatic rings. The monoisotopic (exact) mass is 295 g/mol. The second-order valence-corrected chi connectivity index (χ2v) is 7.63. The lowest BCUT2D eigenvalue weighted by molar-refractivity contribution is 0.340. The molecule has 0 amide bonds. The van der Waals surface area contributed by atoms with Crippen LogP contribution in [-0.2, 0) is 6.54 Å². The molecular formula is C16H29N3S. The van der Waals surface area contributed by atoms with Crippen molar-refractivity contribution in [1.82, 2.24) is 10.3 Å². The summed E-state index contributed by atoms with van der Waals surface area (Å²) in [4.78, 5) is 8.59. The second kappa shape index (κ2) is 6.90. The maximum Gasteiger partial charge on any atom is 0.185 e. The van der Waals surface area contributed by atoms with E-state index in [4.69, 9.17) is 4.98 Å². The van der Waals surface area contributed by atoms with Gasteiger partial charge in [0.2, 0.25) is 0 Å². The van der Waals surface area contributed by atoms with E-state index in [9.17, 15) is 0 Å². The quantitative estimate of drug-likeness (QED) is 0.891. The molecule has 1 saturated carbocycles. The van der Waals surface area contributed by atoms with Crippen LogP contribution in [0.25, 0.3) is 0 Å². The molecule has 3 nitrogen and oxygen atoms in total. The normalized spacial score (nSPS) is 23.3. The predicted molar refractivity (Wildman–Crippen MR) is 88.6 cm³/mol. The van der Waals surface area contributed by atoms with Gasteiger partial charge in [0.25, 0.3) is 0 Å². The summed E-state index contributed by atoms with van der Waals surface area (Å²) in [5.74, 6) is 0.906. The Balaban J connectivity index is 1.99. The van der Waals surface area contributed by atoms with Crippen molar-refractivity contribution in [2.45, 2.75) is 72.0 Å². The van der Waals surface area contributed by atoms with Gasteiger partial charge in [-0.3, -0.25) is 0 Å². The molecule has 0 spiro atoms. The van der Waals surface area contributed by atoms with Crippen LogP contribution < -0.4 is 10.2 Å². The molecule has 4 heteroatoms. The number of rotatable bonds is 5. The molecular weight excluding hydrogens is 266 g/mol. The van der Waals surface area contributed by atoms with E-state index in [0.717, 1.165) is 12.5 Å². The second-order valence-electron chi connectivity index (χ2n) is 6.57. The molecule has 114 valence electrons. The average molecular weight is 295 g/mol. The summed E-state index contributed by atoms with van der Waals surface area (Å²) in [6.45, 7) is 9.82. The summed E-state index contributed by atoms with van der Waals surface area (Å²) in [7, 11) is 2.22. The largest absolute Gasteiger partial charge is 0.348 e. The number of hydrogen-bond donors (Lipinski definition) is 1. The molecule has 0 unspecified atom stereocenters. The lowest BCUT2D eigenvalue weighted by Crippen LogP contribution is -2.34. The number of hydrogen-bond acceptors (Lipinski definition) is 4. The molecule has 1 fully saturated rings. The Morgan fingerprint density at radius 2 is 1.95 bits per heavy atom. The minimum absolute atomic E-state index is 0.525. The van der Waals surface area contributed by atoms with Gasteiger partial charge in [-0.1, -0.05) is 20.8 Å². The standard InChI is InChI=1S/C16H29N3S/c1-11(2)17-10-15-13(4)18-16(20-15)19(5)14-8-6-12(3)7-9-14/h11-12,14,17H,6-10H2,1-5H3. The van der Waals surface area contributed by atoms with Crippen LogP contribution in [0.3, 0.4) is 0 Å². The highest BCUT2D eigenvalue weighted by molar-refractivity contribution is 7.15. The third-order valence-corrected chi connectivity index (χ3v) is 5.64. The van der Waals surface area contributed by atoms with Gasteiger partial charge in [-0.25, -0.2) is 4.98 Å². The molecule has 1 aliphatic carbocycles. The first-order valence-electron chi connectivity index (χ1n) is 7.90. The van der Waals surface area contributed by atoms with E-state index in [1.165, 1.54) is 41.4 Å². The highest BCUT2D eigenvalue weighted by Crippen LogP contribution is 2.32. The van der Waals surface area contributed by atoms with Gasteiger partial charge in [0.15, 0.2) is 5.13 Å². The van der Waals surface area contributed by atoms with Gasteiger partial charge in [-0.2, -0.15) is 0 Å². The van der Waals surface area contributed by atoms with Gasteiger partial charge in [0.05, 0.1) is 5.69 Å². The summed E-state index contributed by atoms with van der Waals surface area (Å²) < 4.78 is 0. The fourth-order valence-corrected chi connectivity index (χ4v) is 3.86. The van der Waals surface area contributed by atoms with Gasteiger partial charge in [-0.15, -0.1) is 11.3 Å². The highest BCUT2D eigenvalue weighted by atomic mass is 32.1. The van der Waals surface area contributed by atoms with Crippen molar-refractivity contribution in [1.29, 1.82) is 0 Å². The van der Waals surface area contributed by atoms with E-state index >= 15 is 0 Å². The van der Waals surface area contributed by atoms with Crippen molar-refractivity contribution in [2.24, 2.45) is 5.92 Å². The van der Waals surface area contributed by atoms with Crippen molar-refractivity contribution < 1.29 is 0 Å². The molecule has 0 saturated heterocycles. The fraction of sp³-hybridized carbons (Fsp3) is 0.812. The van der Waals surface area contributed by atoms with E-state index in [1.54, 1.807) is 0 Å². The van der Waals surface area contributed by atoms with Crippen LogP contribution >= 0.6 is 11.3 Å². The van der Waals surface area contributed by atoms with Gasteiger partial charge in [0, 0.05) is 30.6 Å². The molecule has 0 bridgehead atoms. The molecule has 0 radical (unpaired) electrons. The number of nitrogens with zero attached hydrogens (tertiary/aromatic N) is 2. The first kappa shape index (κ1) is 15.8. The van der Waals surface area contributed by atoms with Gasteiger partial charge in [-0.05, 0) is 38.5 Å². The Bertz CT molecular complexity index is 419. The zero-order valence-corrected chi connectivity index (χ0v) is 14.4. The maximum absolute atomic E-state index is 4.79. The number of anilines is 1. The Morgan fingerprint density at radius 1 is 1.30 bits per heavy atom. The lowest BCUT2D eigenvalue weighted by atomic mass is 9.87. The van der Waals surface area contributed by atoms with Crippen molar-refractivity contribution in [3.8, 4) is 0 Å². The van der Waals surface area contributed by atoms with Crippen molar-refractivity contribution >= 4 is 16.5 Å². The van der Waals surface area contributed by atoms with Gasteiger partial charge < -0.3 is 10.2 Å². The summed E-state index contributed by atoms with van der Waals surface area (Å²) in [6, 6.07) is 1.21. The lowest BCUT2D eigenvalue weighted by Gasteiger charge is -2.33. The molecule has 0 aliphatic heterocycles. The molecule has 1 aliphatic rings. The minimum atomic E-state index is 0.525. The van der Waals surface area contributed by atoms with Gasteiger partial charge >= 0.3 is 0 Å². The van der Waals surface area contributed by atoms with E-state index in [0.29, 0.717) is 12.1 Å². The highest BCUT2D eigenvalue weighted by Gasteiger charge is 2.24. The summed E-state index contributed by atoms with van der Waals surface area (Å²) >= 11 is 1.86. The summed E-state index contributed by atoms with van der Waals surface area (Å²) in [5.41, 5.74) is 1.19. The van der Waals surface area contributed by atoms with E-state index in [2.05, 4.69) is 45.0 Å². The summed E-state index contributed by atoms with van der Waals surface area (Å²) in [5, 5.41) is 4.69. The van der Waals surface area contributed by atoms with Crippen LogP contribution in [0.15, 0.2) is 0 Å². The number of aromatic nitrogens is 1. The van der Waals surface area contributed by atoms with Crippen LogP contribution in [-0.4, -0.2) is 24.1 Å². The molecule has 0 aromatic carbocycles. The third kappa shape index (κ3) is 3.95. The average Bonchev–Trinajstić information content (AvgIpc) is 2.78. The summed E-state index contributed by atoms with van der Waals surface area (Å²) in [6.07, 6.45) is 5.36. The SMILES string of the molecule is Cc1nc(N(C)C2CCC(C)CC2)sc1CNC(C)C. The van der Waals surface area contributed by atoms with Crippen molar-refractivity contribution in [3.05, 3.63) is 10.6 Å².